The fourth-order valence-electron chi connectivity index (χ4n) is 0.618. The molecule has 0 aliphatic rings. The first-order valence-electron chi connectivity index (χ1n) is 3.85. The van der Waals surface area contributed by atoms with Gasteiger partial charge in [-0.2, -0.15) is 13.2 Å². The van der Waals surface area contributed by atoms with Crippen LogP contribution in [0.4, 0.5) is 13.2 Å². The van der Waals surface area contributed by atoms with E-state index < -0.39 is 12.8 Å². The predicted molar refractivity (Wildman–Crippen MR) is 43.2 cm³/mol. The predicted octanol–water partition coefficient (Wildman–Crippen LogP) is 1.18. The van der Waals surface area contributed by atoms with Crippen molar-refractivity contribution in [1.29, 1.82) is 0 Å². The molecule has 0 aromatic rings. The highest BCUT2D eigenvalue weighted by Crippen LogP contribution is 2.13. The summed E-state index contributed by atoms with van der Waals surface area (Å²) in [7, 11) is 0. The van der Waals surface area contributed by atoms with Gasteiger partial charge in [0, 0.05) is 19.5 Å². The van der Waals surface area contributed by atoms with Crippen molar-refractivity contribution in [2.24, 2.45) is 0 Å². The molecule has 0 heterocycles. The Morgan fingerprint density at radius 2 is 2.00 bits per heavy atom. The summed E-state index contributed by atoms with van der Waals surface area (Å²) in [6.07, 6.45) is 1.29. The van der Waals surface area contributed by atoms with E-state index in [1.54, 1.807) is 0 Å². The minimum Gasteiger partial charge on any atom is -0.371 e. The van der Waals surface area contributed by atoms with Crippen molar-refractivity contribution in [1.82, 2.24) is 5.32 Å². The maximum Gasteiger partial charge on any atom is 0.411 e. The fraction of sp³-hybridized carbons (Fsp3) is 0.750. The van der Waals surface area contributed by atoms with Crippen LogP contribution in [0.25, 0.3) is 0 Å². The third-order valence-corrected chi connectivity index (χ3v) is 1.14. The normalized spacial score (nSPS) is 11.2. The van der Waals surface area contributed by atoms with Gasteiger partial charge >= 0.3 is 6.18 Å². The molecule has 0 rings (SSSR count). The van der Waals surface area contributed by atoms with Gasteiger partial charge in [0.25, 0.3) is 0 Å². The third-order valence-electron chi connectivity index (χ3n) is 1.14. The summed E-state index contributed by atoms with van der Waals surface area (Å²) in [5, 5.41) is 2.84. The van der Waals surface area contributed by atoms with Gasteiger partial charge in [-0.1, -0.05) is 0 Å². The van der Waals surface area contributed by atoms with Crippen LogP contribution in [-0.4, -0.2) is 32.5 Å². The molecule has 0 aromatic heterocycles. The van der Waals surface area contributed by atoms with Crippen molar-refractivity contribution < 1.29 is 17.9 Å². The van der Waals surface area contributed by atoms with E-state index in [4.69, 9.17) is 6.42 Å². The highest BCUT2D eigenvalue weighted by atomic mass is 19.4. The number of rotatable bonds is 6. The topological polar surface area (TPSA) is 21.3 Å². The van der Waals surface area contributed by atoms with Crippen LogP contribution < -0.4 is 5.32 Å². The quantitative estimate of drug-likeness (QED) is 0.507. The maximum atomic E-state index is 11.5. The second-order valence-electron chi connectivity index (χ2n) is 2.37. The molecule has 0 amide bonds. The van der Waals surface area contributed by atoms with Crippen LogP contribution >= 0.6 is 0 Å². The monoisotopic (exact) mass is 195 g/mol. The highest BCUT2D eigenvalue weighted by Gasteiger charge is 2.26. The first-order chi connectivity index (χ1) is 6.06. The molecule has 5 heteroatoms. The SMILES string of the molecule is C#CCCNCCOCC(F)(F)F. The second kappa shape index (κ2) is 6.75. The number of terminal acetylenes is 1. The summed E-state index contributed by atoms with van der Waals surface area (Å²) in [5.74, 6) is 2.40. The minimum absolute atomic E-state index is 0.0457. The van der Waals surface area contributed by atoms with Crippen LogP contribution in [0.1, 0.15) is 6.42 Å². The Hall–Kier alpha value is -0.730. The van der Waals surface area contributed by atoms with Gasteiger partial charge in [0.2, 0.25) is 0 Å². The van der Waals surface area contributed by atoms with Crippen molar-refractivity contribution in [3.05, 3.63) is 0 Å². The smallest absolute Gasteiger partial charge is 0.371 e. The van der Waals surface area contributed by atoms with Crippen LogP contribution in [-0.2, 0) is 4.74 Å². The van der Waals surface area contributed by atoms with Gasteiger partial charge in [-0.3, -0.25) is 0 Å². The average molecular weight is 195 g/mol. The van der Waals surface area contributed by atoms with Crippen LogP contribution in [0.3, 0.4) is 0 Å². The van der Waals surface area contributed by atoms with Crippen molar-refractivity contribution in [3.8, 4) is 12.3 Å². The van der Waals surface area contributed by atoms with Gasteiger partial charge in [-0.25, -0.2) is 0 Å². The van der Waals surface area contributed by atoms with Gasteiger partial charge in [-0.15, -0.1) is 12.3 Å². The van der Waals surface area contributed by atoms with Gasteiger partial charge in [-0.05, 0) is 0 Å². The molecule has 0 aliphatic heterocycles. The molecule has 0 fully saturated rings. The fourth-order valence-corrected chi connectivity index (χ4v) is 0.618. The Kier molecular flexibility index (Phi) is 6.37. The lowest BCUT2D eigenvalue weighted by molar-refractivity contribution is -0.173. The molecule has 13 heavy (non-hydrogen) atoms. The molecule has 2 nitrogen and oxygen atoms in total. The number of ether oxygens (including phenoxy) is 1. The molecule has 0 unspecified atom stereocenters. The van der Waals surface area contributed by atoms with Gasteiger partial charge in [0.05, 0.1) is 6.61 Å². The lowest BCUT2D eigenvalue weighted by Gasteiger charge is -2.07. The summed E-state index contributed by atoms with van der Waals surface area (Å²) in [5.41, 5.74) is 0. The molecular formula is C8H12F3NO. The summed E-state index contributed by atoms with van der Waals surface area (Å²) >= 11 is 0. The number of halogens is 3. The van der Waals surface area contributed by atoms with Crippen LogP contribution in [0.5, 0.6) is 0 Å². The molecule has 0 aromatic carbocycles. The molecule has 0 saturated carbocycles. The lowest BCUT2D eigenvalue weighted by atomic mass is 10.4. The van der Waals surface area contributed by atoms with Crippen molar-refractivity contribution in [2.75, 3.05) is 26.3 Å². The Balaban J connectivity index is 3.05. The van der Waals surface area contributed by atoms with Gasteiger partial charge < -0.3 is 10.1 Å². The molecule has 1 N–H and O–H groups in total. The number of hydrogen-bond donors (Lipinski definition) is 1. The lowest BCUT2D eigenvalue weighted by Crippen LogP contribution is -2.24. The standard InChI is InChI=1S/C8H12F3NO/c1-2-3-4-12-5-6-13-7-8(9,10)11/h1,12H,3-7H2. The van der Waals surface area contributed by atoms with E-state index in [2.05, 4.69) is 16.0 Å². The molecule has 0 radical (unpaired) electrons. The van der Waals surface area contributed by atoms with E-state index in [-0.39, 0.29) is 6.61 Å². The third kappa shape index (κ3) is 11.3. The molecule has 76 valence electrons. The summed E-state index contributed by atoms with van der Waals surface area (Å²) in [4.78, 5) is 0. The van der Waals surface area contributed by atoms with Gasteiger partial charge in [0.1, 0.15) is 6.61 Å². The number of alkyl halides is 3. The van der Waals surface area contributed by atoms with Gasteiger partial charge in [0.15, 0.2) is 0 Å². The zero-order valence-electron chi connectivity index (χ0n) is 7.16. The molecule has 0 saturated heterocycles. The summed E-state index contributed by atoms with van der Waals surface area (Å²) in [6, 6.07) is 0. The van der Waals surface area contributed by atoms with E-state index in [1.807, 2.05) is 0 Å². The van der Waals surface area contributed by atoms with E-state index in [1.165, 1.54) is 0 Å². The minimum atomic E-state index is -4.24. The average Bonchev–Trinajstić information content (AvgIpc) is 2.01. The van der Waals surface area contributed by atoms with Crippen molar-refractivity contribution in [3.63, 3.8) is 0 Å². The number of hydrogen-bond acceptors (Lipinski definition) is 2. The largest absolute Gasteiger partial charge is 0.411 e. The molecule has 0 aliphatic carbocycles. The van der Waals surface area contributed by atoms with Crippen molar-refractivity contribution in [2.45, 2.75) is 12.6 Å². The van der Waals surface area contributed by atoms with E-state index in [0.717, 1.165) is 0 Å². The van der Waals surface area contributed by atoms with Crippen LogP contribution in [0.2, 0.25) is 0 Å². The Labute approximate surface area is 75.5 Å². The van der Waals surface area contributed by atoms with Crippen LogP contribution in [0.15, 0.2) is 0 Å². The second-order valence-corrected chi connectivity index (χ2v) is 2.37. The molecule has 0 atom stereocenters. The molecule has 0 bridgehead atoms. The Bertz CT molecular complexity index is 162. The van der Waals surface area contributed by atoms with E-state index >= 15 is 0 Å². The summed E-state index contributed by atoms with van der Waals surface area (Å²) < 4.78 is 38.9. The first kappa shape index (κ1) is 12.3. The first-order valence-corrected chi connectivity index (χ1v) is 3.85. The number of nitrogens with one attached hydrogen (secondary N) is 1. The molecule has 0 spiro atoms. The Morgan fingerprint density at radius 3 is 2.54 bits per heavy atom. The van der Waals surface area contributed by atoms with E-state index in [0.29, 0.717) is 19.5 Å². The zero-order chi connectivity index (χ0) is 10.2. The highest BCUT2D eigenvalue weighted by molar-refractivity contribution is 4.83. The van der Waals surface area contributed by atoms with E-state index in [9.17, 15) is 13.2 Å². The zero-order valence-corrected chi connectivity index (χ0v) is 7.16. The summed E-state index contributed by atoms with van der Waals surface area (Å²) in [6.45, 7) is -0.155. The Morgan fingerprint density at radius 1 is 1.31 bits per heavy atom. The van der Waals surface area contributed by atoms with Crippen LogP contribution in [0, 0.1) is 12.3 Å². The van der Waals surface area contributed by atoms with Crippen molar-refractivity contribution >= 4 is 0 Å². The maximum absolute atomic E-state index is 11.5. The molecular weight excluding hydrogens is 183 g/mol.